The molecule has 0 radical (unpaired) electrons. The first-order chi connectivity index (χ1) is 6.20. The molecule has 0 atom stereocenters. The average Bonchev–Trinajstić information content (AvgIpc) is 2.15. The highest BCUT2D eigenvalue weighted by Gasteiger charge is 2.12. The van der Waals surface area contributed by atoms with Crippen molar-refractivity contribution in [2.75, 3.05) is 6.54 Å². The molecule has 0 aromatic heterocycles. The van der Waals surface area contributed by atoms with Crippen molar-refractivity contribution in [1.29, 1.82) is 0 Å². The molecule has 0 heterocycles. The Kier molecular flexibility index (Phi) is 5.04. The van der Waals surface area contributed by atoms with Crippen molar-refractivity contribution in [3.05, 3.63) is 10.1 Å². The first kappa shape index (κ1) is 11.3. The van der Waals surface area contributed by atoms with Gasteiger partial charge in [0.2, 0.25) is 0 Å². The van der Waals surface area contributed by atoms with Gasteiger partial charge in [0, 0.05) is 17.1 Å². The van der Waals surface area contributed by atoms with E-state index in [1.54, 1.807) is 0 Å². The zero-order valence-electron chi connectivity index (χ0n) is 8.70. The van der Waals surface area contributed by atoms with Crippen LogP contribution in [0.1, 0.15) is 46.0 Å². The van der Waals surface area contributed by atoms with E-state index in [0.29, 0.717) is 0 Å². The second-order valence-electron chi connectivity index (χ2n) is 4.12. The Bertz CT molecular complexity index is 177. The van der Waals surface area contributed by atoms with E-state index in [4.69, 9.17) is 0 Å². The molecule has 2 heteroatoms. The minimum atomic E-state index is 0.764. The van der Waals surface area contributed by atoms with E-state index in [0.717, 1.165) is 12.6 Å². The summed E-state index contributed by atoms with van der Waals surface area (Å²) >= 11 is 3.59. The molecule has 0 bridgehead atoms. The molecule has 0 aromatic rings. The fraction of sp³-hybridized carbons (Fsp3) is 0.818. The summed E-state index contributed by atoms with van der Waals surface area (Å²) in [5.41, 5.74) is 1.38. The largest absolute Gasteiger partial charge is 0.309 e. The van der Waals surface area contributed by atoms with Gasteiger partial charge in [0.25, 0.3) is 0 Å². The van der Waals surface area contributed by atoms with E-state index < -0.39 is 0 Å². The second kappa shape index (κ2) is 5.82. The van der Waals surface area contributed by atoms with Crippen molar-refractivity contribution < 1.29 is 0 Å². The van der Waals surface area contributed by atoms with Crippen molar-refractivity contribution in [2.45, 2.75) is 52.0 Å². The Morgan fingerprint density at radius 1 is 1.23 bits per heavy atom. The lowest BCUT2D eigenvalue weighted by molar-refractivity contribution is 0.384. The summed E-state index contributed by atoms with van der Waals surface area (Å²) in [6.45, 7) is 5.30. The van der Waals surface area contributed by atoms with E-state index in [9.17, 15) is 0 Å². The molecule has 76 valence electrons. The third-order valence-corrected chi connectivity index (χ3v) is 3.77. The van der Waals surface area contributed by atoms with Crippen molar-refractivity contribution in [3.8, 4) is 0 Å². The summed E-state index contributed by atoms with van der Waals surface area (Å²) in [4.78, 5) is 0. The predicted molar refractivity (Wildman–Crippen MR) is 62.2 cm³/mol. The summed E-state index contributed by atoms with van der Waals surface area (Å²) in [6.07, 6.45) is 6.97. The summed E-state index contributed by atoms with van der Waals surface area (Å²) in [5, 5.41) is 3.60. The molecule has 0 saturated heterocycles. The average molecular weight is 246 g/mol. The molecule has 1 nitrogen and oxygen atoms in total. The Morgan fingerprint density at radius 3 is 2.38 bits per heavy atom. The van der Waals surface area contributed by atoms with E-state index in [1.807, 2.05) is 0 Å². The first-order valence-electron chi connectivity index (χ1n) is 5.25. The molecule has 0 amide bonds. The van der Waals surface area contributed by atoms with Crippen LogP contribution in [0.15, 0.2) is 10.1 Å². The lowest BCUT2D eigenvalue weighted by atomic mass is 9.95. The van der Waals surface area contributed by atoms with Gasteiger partial charge in [0.1, 0.15) is 0 Å². The summed E-state index contributed by atoms with van der Waals surface area (Å²) < 4.78 is 1.32. The van der Waals surface area contributed by atoms with Gasteiger partial charge >= 0.3 is 0 Å². The van der Waals surface area contributed by atoms with Crippen LogP contribution >= 0.6 is 15.9 Å². The Morgan fingerprint density at radius 2 is 1.85 bits per heavy atom. The molecule has 1 saturated carbocycles. The minimum Gasteiger partial charge on any atom is -0.309 e. The molecular weight excluding hydrogens is 226 g/mol. The van der Waals surface area contributed by atoms with Gasteiger partial charge in [-0.05, 0) is 26.7 Å². The fourth-order valence-electron chi connectivity index (χ4n) is 1.72. The molecule has 0 unspecified atom stereocenters. The van der Waals surface area contributed by atoms with Crippen LogP contribution in [0.4, 0.5) is 0 Å². The molecule has 1 fully saturated rings. The molecular formula is C11H20BrN. The van der Waals surface area contributed by atoms with Gasteiger partial charge < -0.3 is 5.32 Å². The normalized spacial score (nSPS) is 18.7. The maximum absolute atomic E-state index is 3.60. The summed E-state index contributed by atoms with van der Waals surface area (Å²) in [5.74, 6) is 0. The van der Waals surface area contributed by atoms with Gasteiger partial charge in [-0.15, -0.1) is 0 Å². The van der Waals surface area contributed by atoms with Crippen LogP contribution < -0.4 is 5.32 Å². The maximum atomic E-state index is 3.60. The third-order valence-electron chi connectivity index (χ3n) is 2.69. The number of allylic oxidation sites excluding steroid dienone is 1. The third kappa shape index (κ3) is 4.28. The highest BCUT2D eigenvalue weighted by atomic mass is 79.9. The van der Waals surface area contributed by atoms with Gasteiger partial charge in [-0.25, -0.2) is 0 Å². The first-order valence-corrected chi connectivity index (χ1v) is 6.04. The second-order valence-corrected chi connectivity index (χ2v) is 5.08. The van der Waals surface area contributed by atoms with E-state index in [-0.39, 0.29) is 0 Å². The van der Waals surface area contributed by atoms with Crippen LogP contribution in [0.3, 0.4) is 0 Å². The Hall–Kier alpha value is 0.180. The van der Waals surface area contributed by atoms with Crippen molar-refractivity contribution >= 4 is 15.9 Å². The molecule has 0 aromatic carbocycles. The van der Waals surface area contributed by atoms with Crippen LogP contribution in [0.25, 0.3) is 0 Å². The van der Waals surface area contributed by atoms with E-state index in [2.05, 4.69) is 35.1 Å². The maximum Gasteiger partial charge on any atom is 0.0273 e. The summed E-state index contributed by atoms with van der Waals surface area (Å²) in [7, 11) is 0. The number of nitrogens with one attached hydrogen (secondary N) is 1. The van der Waals surface area contributed by atoms with Gasteiger partial charge in [-0.2, -0.15) is 0 Å². The van der Waals surface area contributed by atoms with Crippen molar-refractivity contribution in [2.24, 2.45) is 0 Å². The Labute approximate surface area is 90.1 Å². The quantitative estimate of drug-likeness (QED) is 0.802. The van der Waals surface area contributed by atoms with Gasteiger partial charge in [0.15, 0.2) is 0 Å². The summed E-state index contributed by atoms with van der Waals surface area (Å²) in [6, 6.07) is 0.764. The van der Waals surface area contributed by atoms with Crippen LogP contribution in [0, 0.1) is 0 Å². The molecule has 1 N–H and O–H groups in total. The van der Waals surface area contributed by atoms with Crippen LogP contribution in [0.2, 0.25) is 0 Å². The highest BCUT2D eigenvalue weighted by Crippen LogP contribution is 2.18. The number of hydrogen-bond donors (Lipinski definition) is 1. The predicted octanol–water partition coefficient (Wildman–Crippen LogP) is 3.60. The standard InChI is InChI=1S/C11H20BrN/c1-9(2)11(12)8-13-10-6-4-3-5-7-10/h10,13H,3-8H2,1-2H3. The Balaban J connectivity index is 2.21. The molecule has 0 spiro atoms. The van der Waals surface area contributed by atoms with Gasteiger partial charge in [-0.1, -0.05) is 40.8 Å². The van der Waals surface area contributed by atoms with Crippen LogP contribution in [0.5, 0.6) is 0 Å². The zero-order valence-corrected chi connectivity index (χ0v) is 10.3. The minimum absolute atomic E-state index is 0.764. The van der Waals surface area contributed by atoms with Crippen molar-refractivity contribution in [3.63, 3.8) is 0 Å². The van der Waals surface area contributed by atoms with Gasteiger partial charge in [0.05, 0.1) is 0 Å². The highest BCUT2D eigenvalue weighted by molar-refractivity contribution is 9.11. The SMILES string of the molecule is CC(C)=C(Br)CNC1CCCCC1. The number of halogens is 1. The molecule has 0 aliphatic heterocycles. The zero-order chi connectivity index (χ0) is 9.68. The molecule has 1 rings (SSSR count). The van der Waals surface area contributed by atoms with E-state index >= 15 is 0 Å². The van der Waals surface area contributed by atoms with E-state index in [1.165, 1.54) is 42.2 Å². The molecule has 13 heavy (non-hydrogen) atoms. The smallest absolute Gasteiger partial charge is 0.0273 e. The van der Waals surface area contributed by atoms with Crippen molar-refractivity contribution in [1.82, 2.24) is 5.32 Å². The van der Waals surface area contributed by atoms with Crippen LogP contribution in [-0.2, 0) is 0 Å². The lowest BCUT2D eigenvalue weighted by Crippen LogP contribution is -2.31. The topological polar surface area (TPSA) is 12.0 Å². The fourth-order valence-corrected chi connectivity index (χ4v) is 1.88. The molecule has 1 aliphatic rings. The lowest BCUT2D eigenvalue weighted by Gasteiger charge is -2.22. The number of rotatable bonds is 3. The monoisotopic (exact) mass is 245 g/mol. The van der Waals surface area contributed by atoms with Crippen LogP contribution in [-0.4, -0.2) is 12.6 Å². The van der Waals surface area contributed by atoms with Gasteiger partial charge in [-0.3, -0.25) is 0 Å². The molecule has 1 aliphatic carbocycles. The number of hydrogen-bond acceptors (Lipinski definition) is 1.